The van der Waals surface area contributed by atoms with E-state index in [-0.39, 0.29) is 5.91 Å². The Labute approximate surface area is 134 Å². The van der Waals surface area contributed by atoms with Gasteiger partial charge in [0.2, 0.25) is 0 Å². The van der Waals surface area contributed by atoms with Crippen molar-refractivity contribution < 1.29 is 14.7 Å². The molecule has 0 aliphatic rings. The number of nitrogens with one attached hydrogen (secondary N) is 1. The molecule has 0 heterocycles. The van der Waals surface area contributed by atoms with E-state index < -0.39 is 11.5 Å². The average Bonchev–Trinajstić information content (AvgIpc) is 2.38. The van der Waals surface area contributed by atoms with Crippen LogP contribution in [-0.4, -0.2) is 22.5 Å². The largest absolute Gasteiger partial charge is 0.480 e. The van der Waals surface area contributed by atoms with E-state index in [4.69, 9.17) is 0 Å². The number of carbonyl (C=O) groups excluding carboxylic acids is 1. The molecule has 0 radical (unpaired) electrons. The molecule has 1 aromatic rings. The second-order valence-electron chi connectivity index (χ2n) is 4.17. The Kier molecular flexibility index (Phi) is 5.79. The quantitative estimate of drug-likeness (QED) is 0.690. The molecule has 2 N–H and O–H groups in total. The predicted molar refractivity (Wildman–Crippen MR) is 85.3 cm³/mol. The average molecular weight is 440 g/mol. The van der Waals surface area contributed by atoms with E-state index in [1.165, 1.54) is 0 Å². The molecular weight excluding hydrogens is 425 g/mol. The van der Waals surface area contributed by atoms with Crippen LogP contribution >= 0.6 is 38.5 Å². The van der Waals surface area contributed by atoms with Crippen molar-refractivity contribution in [2.45, 2.75) is 32.2 Å². The Bertz CT molecular complexity index is 501. The normalized spacial score (nSPS) is 11.2. The molecular formula is C13H15BrINO3. The summed E-state index contributed by atoms with van der Waals surface area (Å²) in [5.74, 6) is -1.37. The molecule has 0 saturated heterocycles. The van der Waals surface area contributed by atoms with Crippen LogP contribution in [0.3, 0.4) is 0 Å². The zero-order valence-electron chi connectivity index (χ0n) is 10.7. The van der Waals surface area contributed by atoms with Crippen molar-refractivity contribution >= 4 is 50.4 Å². The summed E-state index contributed by atoms with van der Waals surface area (Å²) < 4.78 is 1.57. The van der Waals surface area contributed by atoms with E-state index in [0.29, 0.717) is 18.4 Å². The van der Waals surface area contributed by atoms with Gasteiger partial charge >= 0.3 is 5.97 Å². The van der Waals surface area contributed by atoms with Crippen LogP contribution in [0.2, 0.25) is 0 Å². The van der Waals surface area contributed by atoms with E-state index in [2.05, 4.69) is 43.8 Å². The van der Waals surface area contributed by atoms with Crippen LogP contribution in [-0.2, 0) is 4.79 Å². The van der Waals surface area contributed by atoms with Crippen molar-refractivity contribution in [2.24, 2.45) is 0 Å². The fraction of sp³-hybridized carbons (Fsp3) is 0.385. The number of amides is 1. The van der Waals surface area contributed by atoms with Crippen LogP contribution in [0.1, 0.15) is 37.0 Å². The minimum atomic E-state index is -1.21. The van der Waals surface area contributed by atoms with Crippen molar-refractivity contribution in [1.29, 1.82) is 0 Å². The summed E-state index contributed by atoms with van der Waals surface area (Å²) in [5.41, 5.74) is -0.731. The van der Waals surface area contributed by atoms with Crippen molar-refractivity contribution in [3.8, 4) is 0 Å². The minimum absolute atomic E-state index is 0.342. The van der Waals surface area contributed by atoms with Crippen LogP contribution in [0.5, 0.6) is 0 Å². The highest BCUT2D eigenvalue weighted by molar-refractivity contribution is 14.1. The van der Waals surface area contributed by atoms with Gasteiger partial charge in [0.25, 0.3) is 5.91 Å². The molecule has 0 aromatic heterocycles. The van der Waals surface area contributed by atoms with Gasteiger partial charge in [-0.15, -0.1) is 0 Å². The van der Waals surface area contributed by atoms with E-state index in [1.54, 1.807) is 26.0 Å². The number of rotatable bonds is 5. The van der Waals surface area contributed by atoms with E-state index in [1.807, 2.05) is 6.07 Å². The van der Waals surface area contributed by atoms with Crippen LogP contribution in [0.4, 0.5) is 0 Å². The van der Waals surface area contributed by atoms with Gasteiger partial charge in [-0.05, 0) is 53.6 Å². The minimum Gasteiger partial charge on any atom is -0.480 e. The first-order valence-corrected chi connectivity index (χ1v) is 7.74. The maximum Gasteiger partial charge on any atom is 0.329 e. The SMILES string of the molecule is CCC(CC)(NC(=O)c1cc(Br)ccc1I)C(=O)O. The highest BCUT2D eigenvalue weighted by Gasteiger charge is 2.36. The molecule has 1 rings (SSSR count). The van der Waals surface area contributed by atoms with Crippen LogP contribution in [0.25, 0.3) is 0 Å². The zero-order valence-corrected chi connectivity index (χ0v) is 14.4. The molecule has 0 saturated carbocycles. The second-order valence-corrected chi connectivity index (χ2v) is 6.25. The van der Waals surface area contributed by atoms with Gasteiger partial charge in [-0.25, -0.2) is 4.79 Å². The van der Waals surface area contributed by atoms with Crippen molar-refractivity contribution in [2.75, 3.05) is 0 Å². The van der Waals surface area contributed by atoms with Crippen molar-refractivity contribution in [1.82, 2.24) is 5.32 Å². The first-order chi connectivity index (χ1) is 8.86. The van der Waals surface area contributed by atoms with Crippen LogP contribution < -0.4 is 5.32 Å². The summed E-state index contributed by atoms with van der Waals surface area (Å²) in [5, 5.41) is 12.0. The highest BCUT2D eigenvalue weighted by Crippen LogP contribution is 2.21. The molecule has 0 aliphatic carbocycles. The lowest BCUT2D eigenvalue weighted by molar-refractivity contribution is -0.144. The Morgan fingerprint density at radius 3 is 2.42 bits per heavy atom. The molecule has 19 heavy (non-hydrogen) atoms. The van der Waals surface area contributed by atoms with E-state index >= 15 is 0 Å². The highest BCUT2D eigenvalue weighted by atomic mass is 127. The lowest BCUT2D eigenvalue weighted by atomic mass is 9.92. The van der Waals surface area contributed by atoms with Crippen molar-refractivity contribution in [3.63, 3.8) is 0 Å². The summed E-state index contributed by atoms with van der Waals surface area (Å²) in [6, 6.07) is 5.33. The maximum absolute atomic E-state index is 12.3. The first-order valence-electron chi connectivity index (χ1n) is 5.87. The fourth-order valence-corrected chi connectivity index (χ4v) is 2.68. The smallest absolute Gasteiger partial charge is 0.329 e. The molecule has 0 fully saturated rings. The van der Waals surface area contributed by atoms with Gasteiger partial charge in [0.15, 0.2) is 0 Å². The molecule has 0 spiro atoms. The van der Waals surface area contributed by atoms with E-state index in [9.17, 15) is 14.7 Å². The molecule has 104 valence electrons. The second kappa shape index (κ2) is 6.69. The van der Waals surface area contributed by atoms with Crippen LogP contribution in [0, 0.1) is 3.57 Å². The lowest BCUT2D eigenvalue weighted by Gasteiger charge is -2.28. The molecule has 0 aliphatic heterocycles. The van der Waals surface area contributed by atoms with Gasteiger partial charge < -0.3 is 10.4 Å². The molecule has 0 atom stereocenters. The number of aliphatic carboxylic acids is 1. The number of hydrogen-bond acceptors (Lipinski definition) is 2. The lowest BCUT2D eigenvalue weighted by Crippen LogP contribution is -2.53. The maximum atomic E-state index is 12.3. The summed E-state index contributed by atoms with van der Waals surface area (Å²) >= 11 is 5.36. The predicted octanol–water partition coefficient (Wildman–Crippen LogP) is 3.43. The number of benzene rings is 1. The third-order valence-corrected chi connectivity index (χ3v) is 4.58. The number of hydrogen-bond donors (Lipinski definition) is 2. The summed E-state index contributed by atoms with van der Waals surface area (Å²) in [4.78, 5) is 23.6. The van der Waals surface area contributed by atoms with Gasteiger partial charge in [0, 0.05) is 8.04 Å². The topological polar surface area (TPSA) is 66.4 Å². The summed E-state index contributed by atoms with van der Waals surface area (Å²) in [6.07, 6.45) is 0.685. The molecule has 1 aromatic carbocycles. The molecule has 0 unspecified atom stereocenters. The number of carboxylic acids is 1. The number of halogens is 2. The van der Waals surface area contributed by atoms with Gasteiger partial charge in [0.05, 0.1) is 5.56 Å². The summed E-state index contributed by atoms with van der Waals surface area (Å²) in [7, 11) is 0. The van der Waals surface area contributed by atoms with E-state index in [0.717, 1.165) is 8.04 Å². The van der Waals surface area contributed by atoms with Gasteiger partial charge in [0.1, 0.15) is 5.54 Å². The third-order valence-electron chi connectivity index (χ3n) is 3.14. The van der Waals surface area contributed by atoms with Crippen molar-refractivity contribution in [3.05, 3.63) is 31.8 Å². The van der Waals surface area contributed by atoms with Crippen LogP contribution in [0.15, 0.2) is 22.7 Å². The Balaban J connectivity index is 3.07. The molecule has 1 amide bonds. The molecule has 6 heteroatoms. The van der Waals surface area contributed by atoms with Gasteiger partial charge in [-0.1, -0.05) is 29.8 Å². The number of carboxylic acid groups (broad SMARTS) is 1. The molecule has 0 bridgehead atoms. The molecule has 4 nitrogen and oxygen atoms in total. The monoisotopic (exact) mass is 439 g/mol. The Morgan fingerprint density at radius 1 is 1.37 bits per heavy atom. The third kappa shape index (κ3) is 3.68. The standard InChI is InChI=1S/C13H15BrINO3/c1-3-13(4-2,12(18)19)16-11(17)9-7-8(14)5-6-10(9)15/h5-7H,3-4H2,1-2H3,(H,16,17)(H,18,19). The number of carbonyl (C=O) groups is 2. The van der Waals surface area contributed by atoms with Gasteiger partial charge in [-0.3, -0.25) is 4.79 Å². The zero-order chi connectivity index (χ0) is 14.6. The summed E-state index contributed by atoms with van der Waals surface area (Å²) in [6.45, 7) is 3.51. The Hall–Kier alpha value is -0.630. The van der Waals surface area contributed by atoms with Gasteiger partial charge in [-0.2, -0.15) is 0 Å². The Morgan fingerprint density at radius 2 is 1.95 bits per heavy atom. The first kappa shape index (κ1) is 16.4. The fourth-order valence-electron chi connectivity index (χ4n) is 1.74.